The Morgan fingerprint density at radius 3 is 2.56 bits per heavy atom. The molecule has 2 amide bonds. The Hall–Kier alpha value is -3.28. The number of nitrogens with one attached hydrogen (secondary N) is 2. The Balaban J connectivity index is 1.48. The number of rotatable bonds is 6. The molecular weight excluding hydrogens is 316 g/mol. The van der Waals surface area contributed by atoms with Crippen molar-refractivity contribution >= 4 is 6.03 Å². The van der Waals surface area contributed by atoms with Crippen molar-refractivity contribution < 1.29 is 9.53 Å². The zero-order valence-corrected chi connectivity index (χ0v) is 14.0. The molecule has 1 aromatic heterocycles. The Kier molecular flexibility index (Phi) is 5.31. The highest BCUT2D eigenvalue weighted by Gasteiger charge is 2.04. The summed E-state index contributed by atoms with van der Waals surface area (Å²) in [6, 6.07) is 17.2. The maximum Gasteiger partial charge on any atom is 0.315 e. The molecule has 0 atom stereocenters. The molecule has 0 aliphatic heterocycles. The molecule has 0 saturated carbocycles. The Labute approximate surface area is 146 Å². The van der Waals surface area contributed by atoms with Gasteiger partial charge in [-0.2, -0.15) is 5.10 Å². The number of nitrogens with zero attached hydrogens (tertiary/aromatic N) is 2. The Bertz CT molecular complexity index is 830. The maximum atomic E-state index is 11.9. The second kappa shape index (κ2) is 8.01. The lowest BCUT2D eigenvalue weighted by atomic mass is 10.2. The minimum absolute atomic E-state index is 0.227. The molecule has 1 heterocycles. The van der Waals surface area contributed by atoms with Crippen molar-refractivity contribution in [3.05, 3.63) is 78.1 Å². The van der Waals surface area contributed by atoms with Crippen molar-refractivity contribution in [3.8, 4) is 11.4 Å². The summed E-state index contributed by atoms with van der Waals surface area (Å²) in [5.74, 6) is 0.771. The van der Waals surface area contributed by atoms with Crippen LogP contribution < -0.4 is 15.4 Å². The summed E-state index contributed by atoms with van der Waals surface area (Å²) >= 11 is 0. The number of benzene rings is 2. The molecule has 0 bridgehead atoms. The molecule has 3 rings (SSSR count). The normalized spacial score (nSPS) is 10.3. The predicted octanol–water partition coefficient (Wildman–Crippen LogP) is 2.88. The summed E-state index contributed by atoms with van der Waals surface area (Å²) in [5, 5.41) is 9.96. The number of carbonyl (C=O) groups excluding carboxylic acids is 1. The van der Waals surface area contributed by atoms with Gasteiger partial charge >= 0.3 is 6.03 Å². The molecule has 0 aliphatic rings. The summed E-state index contributed by atoms with van der Waals surface area (Å²) in [4.78, 5) is 11.9. The van der Waals surface area contributed by atoms with Gasteiger partial charge in [-0.15, -0.1) is 0 Å². The van der Waals surface area contributed by atoms with E-state index < -0.39 is 0 Å². The molecule has 0 unspecified atom stereocenters. The van der Waals surface area contributed by atoms with Crippen LogP contribution in [0.25, 0.3) is 5.69 Å². The summed E-state index contributed by atoms with van der Waals surface area (Å²) in [5.41, 5.74) is 2.89. The Morgan fingerprint density at radius 2 is 1.80 bits per heavy atom. The molecule has 6 nitrogen and oxygen atoms in total. The van der Waals surface area contributed by atoms with Gasteiger partial charge in [-0.3, -0.25) is 0 Å². The first-order valence-electron chi connectivity index (χ1n) is 7.98. The van der Waals surface area contributed by atoms with Gasteiger partial charge in [0.15, 0.2) is 0 Å². The number of carbonyl (C=O) groups is 1. The van der Waals surface area contributed by atoms with Gasteiger partial charge in [0.1, 0.15) is 5.75 Å². The number of aromatic nitrogens is 2. The predicted molar refractivity (Wildman–Crippen MR) is 95.6 cm³/mol. The first kappa shape index (κ1) is 16.6. The van der Waals surface area contributed by atoms with Crippen LogP contribution in [-0.4, -0.2) is 22.9 Å². The number of ether oxygens (including phenoxy) is 1. The van der Waals surface area contributed by atoms with Crippen LogP contribution in [0.1, 0.15) is 11.1 Å². The third kappa shape index (κ3) is 4.60. The molecule has 2 aromatic carbocycles. The smallest absolute Gasteiger partial charge is 0.315 e. The minimum Gasteiger partial charge on any atom is -0.497 e. The fourth-order valence-electron chi connectivity index (χ4n) is 2.38. The van der Waals surface area contributed by atoms with Crippen LogP contribution in [0, 0.1) is 0 Å². The topological polar surface area (TPSA) is 68.2 Å². The fraction of sp³-hybridized carbons (Fsp3) is 0.158. The number of hydrogen-bond donors (Lipinski definition) is 2. The lowest BCUT2D eigenvalue weighted by Crippen LogP contribution is -2.34. The van der Waals surface area contributed by atoms with Gasteiger partial charge in [0, 0.05) is 24.8 Å². The van der Waals surface area contributed by atoms with E-state index in [4.69, 9.17) is 4.74 Å². The Morgan fingerprint density at radius 1 is 1.04 bits per heavy atom. The van der Waals surface area contributed by atoms with Crippen LogP contribution in [0.5, 0.6) is 5.75 Å². The summed E-state index contributed by atoms with van der Waals surface area (Å²) in [6.07, 6.45) is 3.65. The van der Waals surface area contributed by atoms with Crippen molar-refractivity contribution in [1.29, 1.82) is 0 Å². The number of methoxy groups -OCH3 is 1. The van der Waals surface area contributed by atoms with Crippen LogP contribution in [0.15, 0.2) is 67.0 Å². The van der Waals surface area contributed by atoms with Crippen molar-refractivity contribution in [2.45, 2.75) is 13.1 Å². The van der Waals surface area contributed by atoms with Crippen LogP contribution in [0.3, 0.4) is 0 Å². The van der Waals surface area contributed by atoms with Crippen molar-refractivity contribution in [2.75, 3.05) is 7.11 Å². The first-order valence-corrected chi connectivity index (χ1v) is 7.98. The molecule has 3 aromatic rings. The average Bonchev–Trinajstić information content (AvgIpc) is 3.15. The molecule has 0 radical (unpaired) electrons. The molecular formula is C19H20N4O2. The quantitative estimate of drug-likeness (QED) is 0.727. The van der Waals surface area contributed by atoms with E-state index in [-0.39, 0.29) is 6.03 Å². The molecule has 25 heavy (non-hydrogen) atoms. The molecule has 6 heteroatoms. The largest absolute Gasteiger partial charge is 0.497 e. The third-order valence-electron chi connectivity index (χ3n) is 3.70. The molecule has 0 spiro atoms. The van der Waals surface area contributed by atoms with E-state index in [0.717, 1.165) is 22.6 Å². The highest BCUT2D eigenvalue weighted by molar-refractivity contribution is 5.73. The summed E-state index contributed by atoms with van der Waals surface area (Å²) in [7, 11) is 1.62. The summed E-state index contributed by atoms with van der Waals surface area (Å²) < 4.78 is 6.95. The van der Waals surface area contributed by atoms with Gasteiger partial charge in [0.2, 0.25) is 0 Å². The zero-order valence-electron chi connectivity index (χ0n) is 14.0. The second-order valence-electron chi connectivity index (χ2n) is 5.52. The number of hydrogen-bond acceptors (Lipinski definition) is 3. The third-order valence-corrected chi connectivity index (χ3v) is 3.70. The van der Waals surface area contributed by atoms with Gasteiger partial charge in [0.25, 0.3) is 0 Å². The van der Waals surface area contributed by atoms with Gasteiger partial charge < -0.3 is 15.4 Å². The van der Waals surface area contributed by atoms with E-state index >= 15 is 0 Å². The van der Waals surface area contributed by atoms with Gasteiger partial charge in [0.05, 0.1) is 19.0 Å². The fourth-order valence-corrected chi connectivity index (χ4v) is 2.38. The zero-order chi connectivity index (χ0) is 17.5. The second-order valence-corrected chi connectivity index (χ2v) is 5.52. The van der Waals surface area contributed by atoms with E-state index in [1.54, 1.807) is 18.0 Å². The standard InChI is InChI=1S/C19H20N4O2/c1-25-18-9-5-6-15(10-18)11-20-19(24)21-12-16-13-22-23(14-16)17-7-3-2-4-8-17/h2-10,13-14H,11-12H2,1H3,(H2,20,21,24). The first-order chi connectivity index (χ1) is 12.2. The van der Waals surface area contributed by atoms with Crippen molar-refractivity contribution in [2.24, 2.45) is 0 Å². The lowest BCUT2D eigenvalue weighted by Gasteiger charge is -2.08. The van der Waals surface area contributed by atoms with E-state index in [0.29, 0.717) is 13.1 Å². The van der Waals surface area contributed by atoms with Crippen LogP contribution in [-0.2, 0) is 13.1 Å². The summed E-state index contributed by atoms with van der Waals surface area (Å²) in [6.45, 7) is 0.850. The number of para-hydroxylation sites is 1. The van der Waals surface area contributed by atoms with Crippen LogP contribution in [0.4, 0.5) is 4.79 Å². The maximum absolute atomic E-state index is 11.9. The number of amides is 2. The molecule has 128 valence electrons. The van der Waals surface area contributed by atoms with E-state index in [1.807, 2.05) is 60.8 Å². The van der Waals surface area contributed by atoms with Gasteiger partial charge in [-0.1, -0.05) is 30.3 Å². The number of urea groups is 1. The molecule has 0 aliphatic carbocycles. The van der Waals surface area contributed by atoms with E-state index in [9.17, 15) is 4.79 Å². The minimum atomic E-state index is -0.227. The van der Waals surface area contributed by atoms with E-state index in [2.05, 4.69) is 15.7 Å². The van der Waals surface area contributed by atoms with E-state index in [1.165, 1.54) is 0 Å². The van der Waals surface area contributed by atoms with Crippen molar-refractivity contribution in [1.82, 2.24) is 20.4 Å². The molecule has 0 saturated heterocycles. The average molecular weight is 336 g/mol. The van der Waals surface area contributed by atoms with Gasteiger partial charge in [-0.25, -0.2) is 9.48 Å². The molecule has 2 N–H and O–H groups in total. The monoisotopic (exact) mass is 336 g/mol. The highest BCUT2D eigenvalue weighted by atomic mass is 16.5. The SMILES string of the molecule is COc1cccc(CNC(=O)NCc2cnn(-c3ccccc3)c2)c1. The van der Waals surface area contributed by atoms with Crippen LogP contribution in [0.2, 0.25) is 0 Å². The lowest BCUT2D eigenvalue weighted by molar-refractivity contribution is 0.240. The van der Waals surface area contributed by atoms with Gasteiger partial charge in [-0.05, 0) is 29.8 Å². The molecule has 0 fully saturated rings. The van der Waals surface area contributed by atoms with Crippen molar-refractivity contribution in [3.63, 3.8) is 0 Å². The highest BCUT2D eigenvalue weighted by Crippen LogP contribution is 2.12. The van der Waals surface area contributed by atoms with Crippen LogP contribution >= 0.6 is 0 Å².